The second-order valence-electron chi connectivity index (χ2n) is 4.39. The van der Waals surface area contributed by atoms with Crippen LogP contribution in [0.25, 0.3) is 11.3 Å². The standard InChI is InChI=1S/C14H8F3N3OS2/c15-14(16,17)11-10(23-7-18-11)12(21)20-13-19-9(6-22-13)8-4-2-1-3-5-8/h1-7H,(H,19,20,21). The van der Waals surface area contributed by atoms with Gasteiger partial charge < -0.3 is 0 Å². The zero-order chi connectivity index (χ0) is 16.4. The van der Waals surface area contributed by atoms with Gasteiger partial charge in [0.25, 0.3) is 5.91 Å². The fourth-order valence-electron chi connectivity index (χ4n) is 1.84. The molecule has 2 aromatic heterocycles. The topological polar surface area (TPSA) is 54.9 Å². The van der Waals surface area contributed by atoms with Crippen molar-refractivity contribution in [2.75, 3.05) is 5.32 Å². The van der Waals surface area contributed by atoms with Crippen LogP contribution in [0.15, 0.2) is 41.2 Å². The summed E-state index contributed by atoms with van der Waals surface area (Å²) in [7, 11) is 0. The maximum absolute atomic E-state index is 12.8. The van der Waals surface area contributed by atoms with Gasteiger partial charge in [0, 0.05) is 10.9 Å². The van der Waals surface area contributed by atoms with Gasteiger partial charge in [-0.3, -0.25) is 10.1 Å². The third-order valence-corrected chi connectivity index (χ3v) is 4.42. The molecule has 9 heteroatoms. The zero-order valence-electron chi connectivity index (χ0n) is 11.3. The first kappa shape index (κ1) is 15.6. The third-order valence-electron chi connectivity index (χ3n) is 2.84. The van der Waals surface area contributed by atoms with Crippen molar-refractivity contribution in [1.82, 2.24) is 9.97 Å². The molecule has 0 saturated heterocycles. The summed E-state index contributed by atoms with van der Waals surface area (Å²) < 4.78 is 38.3. The fraction of sp³-hybridized carbons (Fsp3) is 0.0714. The monoisotopic (exact) mass is 355 g/mol. The predicted octanol–water partition coefficient (Wildman–Crippen LogP) is 4.54. The Morgan fingerprint density at radius 3 is 2.57 bits per heavy atom. The van der Waals surface area contributed by atoms with Crippen LogP contribution in [0.1, 0.15) is 15.4 Å². The first-order valence-electron chi connectivity index (χ1n) is 6.28. The molecule has 0 radical (unpaired) electrons. The van der Waals surface area contributed by atoms with Crippen LogP contribution in [0.3, 0.4) is 0 Å². The molecule has 1 aromatic carbocycles. The van der Waals surface area contributed by atoms with Gasteiger partial charge in [-0.1, -0.05) is 30.3 Å². The lowest BCUT2D eigenvalue weighted by molar-refractivity contribution is -0.141. The smallest absolute Gasteiger partial charge is 0.297 e. The molecule has 0 unspecified atom stereocenters. The van der Waals surface area contributed by atoms with Crippen LogP contribution in [0.5, 0.6) is 0 Å². The van der Waals surface area contributed by atoms with Crippen LogP contribution in [0.2, 0.25) is 0 Å². The van der Waals surface area contributed by atoms with Crippen molar-refractivity contribution >= 4 is 33.7 Å². The van der Waals surface area contributed by atoms with Crippen LogP contribution >= 0.6 is 22.7 Å². The van der Waals surface area contributed by atoms with E-state index in [1.807, 2.05) is 30.3 Å². The molecule has 4 nitrogen and oxygen atoms in total. The number of anilines is 1. The normalized spacial score (nSPS) is 11.4. The Balaban J connectivity index is 1.80. The summed E-state index contributed by atoms with van der Waals surface area (Å²) in [5.41, 5.74) is 1.32. The molecule has 23 heavy (non-hydrogen) atoms. The number of amides is 1. The summed E-state index contributed by atoms with van der Waals surface area (Å²) in [6.45, 7) is 0. The molecule has 1 amide bonds. The summed E-state index contributed by atoms with van der Waals surface area (Å²) in [6.07, 6.45) is -4.66. The average molecular weight is 355 g/mol. The molecule has 3 rings (SSSR count). The Morgan fingerprint density at radius 1 is 1.13 bits per heavy atom. The zero-order valence-corrected chi connectivity index (χ0v) is 12.9. The van der Waals surface area contributed by atoms with Crippen LogP contribution in [0.4, 0.5) is 18.3 Å². The van der Waals surface area contributed by atoms with Gasteiger partial charge in [0.15, 0.2) is 10.8 Å². The molecule has 0 aliphatic carbocycles. The summed E-state index contributed by atoms with van der Waals surface area (Å²) in [4.78, 5) is 19.0. The summed E-state index contributed by atoms with van der Waals surface area (Å²) in [6, 6.07) is 9.26. The van der Waals surface area contributed by atoms with Gasteiger partial charge in [-0.25, -0.2) is 9.97 Å². The van der Waals surface area contributed by atoms with E-state index in [-0.39, 0.29) is 5.13 Å². The van der Waals surface area contributed by atoms with Crippen molar-refractivity contribution in [2.45, 2.75) is 6.18 Å². The molecule has 0 bridgehead atoms. The second-order valence-corrected chi connectivity index (χ2v) is 6.10. The highest BCUT2D eigenvalue weighted by Gasteiger charge is 2.38. The van der Waals surface area contributed by atoms with E-state index in [4.69, 9.17) is 0 Å². The van der Waals surface area contributed by atoms with Crippen molar-refractivity contribution in [2.24, 2.45) is 0 Å². The average Bonchev–Trinajstić information content (AvgIpc) is 3.16. The van der Waals surface area contributed by atoms with Gasteiger partial charge in [0.2, 0.25) is 0 Å². The molecule has 0 aliphatic heterocycles. The Morgan fingerprint density at radius 2 is 1.87 bits per heavy atom. The number of carbonyl (C=O) groups excluding carboxylic acids is 1. The Kier molecular flexibility index (Phi) is 4.14. The van der Waals surface area contributed by atoms with E-state index in [9.17, 15) is 18.0 Å². The van der Waals surface area contributed by atoms with Gasteiger partial charge in [0.1, 0.15) is 4.88 Å². The lowest BCUT2D eigenvalue weighted by Gasteiger charge is -2.05. The molecule has 0 atom stereocenters. The molecule has 0 spiro atoms. The molecule has 3 aromatic rings. The van der Waals surface area contributed by atoms with Crippen LogP contribution < -0.4 is 5.32 Å². The number of carbonyl (C=O) groups is 1. The minimum Gasteiger partial charge on any atom is -0.297 e. The van der Waals surface area contributed by atoms with Crippen molar-refractivity contribution in [1.29, 1.82) is 0 Å². The summed E-state index contributed by atoms with van der Waals surface area (Å²) >= 11 is 1.78. The molecule has 118 valence electrons. The summed E-state index contributed by atoms with van der Waals surface area (Å²) in [5, 5.41) is 4.34. The first-order valence-corrected chi connectivity index (χ1v) is 8.04. The number of hydrogen-bond acceptors (Lipinski definition) is 5. The van der Waals surface area contributed by atoms with E-state index in [0.29, 0.717) is 17.0 Å². The highest BCUT2D eigenvalue weighted by Crippen LogP contribution is 2.33. The lowest BCUT2D eigenvalue weighted by atomic mass is 10.2. The van der Waals surface area contributed by atoms with E-state index in [2.05, 4.69) is 15.3 Å². The van der Waals surface area contributed by atoms with Crippen LogP contribution in [-0.2, 0) is 6.18 Å². The number of hydrogen-bond donors (Lipinski definition) is 1. The van der Waals surface area contributed by atoms with Gasteiger partial charge in [-0.15, -0.1) is 22.7 Å². The van der Waals surface area contributed by atoms with E-state index in [0.717, 1.165) is 22.4 Å². The minimum absolute atomic E-state index is 0.232. The fourth-order valence-corrected chi connectivity index (χ4v) is 3.25. The molecule has 0 fully saturated rings. The molecule has 1 N–H and O–H groups in total. The SMILES string of the molecule is O=C(Nc1nc(-c2ccccc2)cs1)c1scnc1C(F)(F)F. The molecular formula is C14H8F3N3OS2. The second kappa shape index (κ2) is 6.09. The number of halogens is 3. The van der Waals surface area contributed by atoms with E-state index >= 15 is 0 Å². The highest BCUT2D eigenvalue weighted by molar-refractivity contribution is 7.14. The largest absolute Gasteiger partial charge is 0.434 e. The number of benzene rings is 1. The van der Waals surface area contributed by atoms with Crippen LogP contribution in [0, 0.1) is 0 Å². The highest BCUT2D eigenvalue weighted by atomic mass is 32.1. The Bertz CT molecular complexity index is 827. The molecule has 0 saturated carbocycles. The van der Waals surface area contributed by atoms with Crippen molar-refractivity contribution < 1.29 is 18.0 Å². The van der Waals surface area contributed by atoms with E-state index < -0.39 is 22.7 Å². The Hall–Kier alpha value is -2.26. The maximum atomic E-state index is 12.8. The number of rotatable bonds is 3. The molecule has 2 heterocycles. The number of alkyl halides is 3. The van der Waals surface area contributed by atoms with Crippen molar-refractivity contribution in [3.8, 4) is 11.3 Å². The quantitative estimate of drug-likeness (QED) is 0.751. The maximum Gasteiger partial charge on any atom is 0.434 e. The van der Waals surface area contributed by atoms with Crippen LogP contribution in [-0.4, -0.2) is 15.9 Å². The third kappa shape index (κ3) is 3.40. The lowest BCUT2D eigenvalue weighted by Crippen LogP contribution is -2.17. The minimum atomic E-state index is -4.66. The number of nitrogens with one attached hydrogen (secondary N) is 1. The van der Waals surface area contributed by atoms with E-state index in [1.165, 1.54) is 0 Å². The van der Waals surface area contributed by atoms with Gasteiger partial charge in [0.05, 0.1) is 11.2 Å². The Labute approximate surface area is 136 Å². The van der Waals surface area contributed by atoms with Crippen molar-refractivity contribution in [3.63, 3.8) is 0 Å². The summed E-state index contributed by atoms with van der Waals surface area (Å²) in [5.74, 6) is -0.867. The van der Waals surface area contributed by atoms with Gasteiger partial charge in [-0.05, 0) is 0 Å². The van der Waals surface area contributed by atoms with Crippen molar-refractivity contribution in [3.05, 3.63) is 51.8 Å². The first-order chi connectivity index (χ1) is 10.9. The number of nitrogens with zero attached hydrogens (tertiary/aromatic N) is 2. The number of thiazole rings is 2. The van der Waals surface area contributed by atoms with Gasteiger partial charge >= 0.3 is 6.18 Å². The number of aromatic nitrogens is 2. The molecular weight excluding hydrogens is 347 g/mol. The van der Waals surface area contributed by atoms with Gasteiger partial charge in [-0.2, -0.15) is 13.2 Å². The predicted molar refractivity (Wildman–Crippen MR) is 82.6 cm³/mol. The molecule has 0 aliphatic rings. The van der Waals surface area contributed by atoms with E-state index in [1.54, 1.807) is 5.38 Å².